The van der Waals surface area contributed by atoms with Gasteiger partial charge in [-0.1, -0.05) is 18.9 Å². The van der Waals surface area contributed by atoms with Gasteiger partial charge in [-0.15, -0.1) is 0 Å². The summed E-state index contributed by atoms with van der Waals surface area (Å²) in [6.07, 6.45) is 3.87. The lowest BCUT2D eigenvalue weighted by Crippen LogP contribution is -2.45. The van der Waals surface area contributed by atoms with Gasteiger partial charge in [0, 0.05) is 5.54 Å². The number of aromatic carboxylic acids is 1. The largest absolute Gasteiger partial charge is 0.478 e. The van der Waals surface area contributed by atoms with Crippen molar-refractivity contribution in [1.82, 2.24) is 5.32 Å². The molecule has 0 heterocycles. The van der Waals surface area contributed by atoms with Gasteiger partial charge in [0.1, 0.15) is 11.4 Å². The third-order valence-electron chi connectivity index (χ3n) is 3.60. The number of amides is 2. The van der Waals surface area contributed by atoms with E-state index in [2.05, 4.69) is 10.6 Å². The number of hydrogen-bond acceptors (Lipinski definition) is 2. The van der Waals surface area contributed by atoms with E-state index in [4.69, 9.17) is 5.11 Å². The topological polar surface area (TPSA) is 78.4 Å². The quantitative estimate of drug-likeness (QED) is 0.796. The Hall–Kier alpha value is -2.11. The number of carbonyl (C=O) groups is 2. The lowest BCUT2D eigenvalue weighted by molar-refractivity contribution is 0.0693. The summed E-state index contributed by atoms with van der Waals surface area (Å²) >= 11 is 0. The fourth-order valence-electron chi connectivity index (χ4n) is 2.55. The number of halogens is 1. The molecular weight excluding hydrogens is 263 g/mol. The van der Waals surface area contributed by atoms with Crippen molar-refractivity contribution < 1.29 is 19.1 Å². The Labute approximate surface area is 116 Å². The van der Waals surface area contributed by atoms with Gasteiger partial charge in [-0.3, -0.25) is 0 Å². The fraction of sp³-hybridized carbons (Fsp3) is 0.429. The summed E-state index contributed by atoms with van der Waals surface area (Å²) in [5, 5.41) is 14.2. The normalized spacial score (nSPS) is 16.7. The molecule has 1 fully saturated rings. The molecule has 5 nitrogen and oxygen atoms in total. The van der Waals surface area contributed by atoms with E-state index in [9.17, 15) is 14.0 Å². The van der Waals surface area contributed by atoms with Gasteiger partial charge >= 0.3 is 12.0 Å². The number of carbonyl (C=O) groups excluding carboxylic acids is 1. The highest BCUT2D eigenvalue weighted by molar-refractivity contribution is 6.00. The Kier molecular flexibility index (Phi) is 3.92. The third kappa shape index (κ3) is 3.07. The van der Waals surface area contributed by atoms with Crippen LogP contribution in [0.5, 0.6) is 0 Å². The molecule has 3 N–H and O–H groups in total. The van der Waals surface area contributed by atoms with Crippen LogP contribution in [0.1, 0.15) is 43.0 Å². The summed E-state index contributed by atoms with van der Waals surface area (Å²) in [5.74, 6) is -2.28. The number of urea groups is 1. The van der Waals surface area contributed by atoms with Crippen LogP contribution >= 0.6 is 0 Å². The predicted octanol–water partition coefficient (Wildman–Crippen LogP) is 2.98. The Morgan fingerprint density at radius 1 is 1.30 bits per heavy atom. The zero-order valence-corrected chi connectivity index (χ0v) is 11.2. The maximum absolute atomic E-state index is 13.5. The molecule has 108 valence electrons. The van der Waals surface area contributed by atoms with Crippen molar-refractivity contribution in [2.24, 2.45) is 0 Å². The molecule has 0 aromatic heterocycles. The summed E-state index contributed by atoms with van der Waals surface area (Å²) in [4.78, 5) is 22.9. The second-order valence-corrected chi connectivity index (χ2v) is 5.31. The minimum Gasteiger partial charge on any atom is -0.478 e. The number of carboxylic acid groups (broad SMARTS) is 1. The Bertz CT molecular complexity index is 539. The first-order valence-electron chi connectivity index (χ1n) is 6.52. The smallest absolute Gasteiger partial charge is 0.340 e. The number of nitrogens with one attached hydrogen (secondary N) is 2. The molecule has 1 aliphatic carbocycles. The van der Waals surface area contributed by atoms with Crippen molar-refractivity contribution >= 4 is 17.7 Å². The maximum Gasteiger partial charge on any atom is 0.340 e. The van der Waals surface area contributed by atoms with Crippen LogP contribution in [-0.2, 0) is 0 Å². The summed E-state index contributed by atoms with van der Waals surface area (Å²) in [5.41, 5.74) is -0.850. The highest BCUT2D eigenvalue weighted by Gasteiger charge is 2.30. The maximum atomic E-state index is 13.5. The van der Waals surface area contributed by atoms with Gasteiger partial charge in [0.15, 0.2) is 0 Å². The molecule has 2 rings (SSSR count). The van der Waals surface area contributed by atoms with Gasteiger partial charge in [-0.25, -0.2) is 14.0 Å². The molecule has 1 aromatic rings. The fourth-order valence-corrected chi connectivity index (χ4v) is 2.55. The minimum atomic E-state index is -1.41. The molecule has 0 atom stereocenters. The number of rotatable bonds is 3. The second kappa shape index (κ2) is 5.48. The van der Waals surface area contributed by atoms with E-state index < -0.39 is 23.4 Å². The average Bonchev–Trinajstić information content (AvgIpc) is 2.74. The summed E-state index contributed by atoms with van der Waals surface area (Å²) in [6, 6.07) is 3.25. The van der Waals surface area contributed by atoms with E-state index in [0.717, 1.165) is 31.7 Å². The molecular formula is C14H17FN2O3. The lowest BCUT2D eigenvalue weighted by Gasteiger charge is -2.25. The number of hydrogen-bond donors (Lipinski definition) is 3. The highest BCUT2D eigenvalue weighted by atomic mass is 19.1. The first-order chi connectivity index (χ1) is 9.41. The van der Waals surface area contributed by atoms with Gasteiger partial charge in [-0.05, 0) is 31.9 Å². The molecule has 0 unspecified atom stereocenters. The van der Waals surface area contributed by atoms with Crippen molar-refractivity contribution in [1.29, 1.82) is 0 Å². The van der Waals surface area contributed by atoms with Gasteiger partial charge in [-0.2, -0.15) is 0 Å². The lowest BCUT2D eigenvalue weighted by atomic mass is 10.0. The van der Waals surface area contributed by atoms with Crippen LogP contribution in [0.4, 0.5) is 14.9 Å². The van der Waals surface area contributed by atoms with Crippen LogP contribution in [0.25, 0.3) is 0 Å². The van der Waals surface area contributed by atoms with E-state index >= 15 is 0 Å². The SMILES string of the molecule is CC1(NC(=O)Nc2cccc(F)c2C(=O)O)CCCC1. The van der Waals surface area contributed by atoms with Crippen molar-refractivity contribution in [3.63, 3.8) is 0 Å². The second-order valence-electron chi connectivity index (χ2n) is 5.31. The van der Waals surface area contributed by atoms with E-state index in [1.54, 1.807) is 0 Å². The standard InChI is InChI=1S/C14H17FN2O3/c1-14(7-2-3-8-14)17-13(20)16-10-6-4-5-9(15)11(10)12(18)19/h4-6H,2-3,7-8H2,1H3,(H,18,19)(H2,16,17,20). The van der Waals surface area contributed by atoms with Crippen molar-refractivity contribution in [2.45, 2.75) is 38.1 Å². The molecule has 6 heteroatoms. The molecule has 0 bridgehead atoms. The molecule has 0 spiro atoms. The van der Waals surface area contributed by atoms with Crippen LogP contribution in [0.3, 0.4) is 0 Å². The third-order valence-corrected chi connectivity index (χ3v) is 3.60. The first kappa shape index (κ1) is 14.3. The van der Waals surface area contributed by atoms with Crippen molar-refractivity contribution in [3.8, 4) is 0 Å². The summed E-state index contributed by atoms with van der Waals surface area (Å²) in [6.45, 7) is 1.95. The minimum absolute atomic E-state index is 0.0448. The zero-order chi connectivity index (χ0) is 14.8. The first-order valence-corrected chi connectivity index (χ1v) is 6.52. The van der Waals surface area contributed by atoms with Gasteiger partial charge < -0.3 is 15.7 Å². The van der Waals surface area contributed by atoms with Gasteiger partial charge in [0.25, 0.3) is 0 Å². The predicted molar refractivity (Wildman–Crippen MR) is 72.4 cm³/mol. The van der Waals surface area contributed by atoms with Gasteiger partial charge in [0.2, 0.25) is 0 Å². The molecule has 1 aromatic carbocycles. The van der Waals surface area contributed by atoms with Crippen LogP contribution in [0.2, 0.25) is 0 Å². The Morgan fingerprint density at radius 3 is 2.55 bits per heavy atom. The molecule has 0 saturated heterocycles. The van der Waals surface area contributed by atoms with Gasteiger partial charge in [0.05, 0.1) is 5.69 Å². The van der Waals surface area contributed by atoms with E-state index in [0.29, 0.717) is 0 Å². The van der Waals surface area contributed by atoms with Crippen molar-refractivity contribution in [2.75, 3.05) is 5.32 Å². The highest BCUT2D eigenvalue weighted by Crippen LogP contribution is 2.29. The van der Waals surface area contributed by atoms with Crippen molar-refractivity contribution in [3.05, 3.63) is 29.6 Å². The molecule has 20 heavy (non-hydrogen) atoms. The van der Waals surface area contributed by atoms with E-state index in [1.807, 2.05) is 6.92 Å². The van der Waals surface area contributed by atoms with Crippen LogP contribution in [0.15, 0.2) is 18.2 Å². The zero-order valence-electron chi connectivity index (χ0n) is 11.2. The molecule has 2 amide bonds. The Balaban J connectivity index is 2.12. The van der Waals surface area contributed by atoms with Crippen LogP contribution in [0, 0.1) is 5.82 Å². The van der Waals surface area contributed by atoms with E-state index in [1.165, 1.54) is 12.1 Å². The molecule has 0 radical (unpaired) electrons. The summed E-state index contributed by atoms with van der Waals surface area (Å²) < 4.78 is 13.5. The molecule has 0 aliphatic heterocycles. The number of carboxylic acids is 1. The van der Waals surface area contributed by atoms with Crippen LogP contribution in [-0.4, -0.2) is 22.6 Å². The monoisotopic (exact) mass is 280 g/mol. The molecule has 1 aliphatic rings. The number of anilines is 1. The average molecular weight is 280 g/mol. The summed E-state index contributed by atoms with van der Waals surface area (Å²) in [7, 11) is 0. The molecule has 1 saturated carbocycles. The van der Waals surface area contributed by atoms with Crippen LogP contribution < -0.4 is 10.6 Å². The Morgan fingerprint density at radius 2 is 1.95 bits per heavy atom. The van der Waals surface area contributed by atoms with E-state index in [-0.39, 0.29) is 11.2 Å². The number of benzene rings is 1.